The molecule has 22 heavy (non-hydrogen) atoms. The molecular weight excluding hydrogens is 302 g/mol. The minimum Gasteiger partial charge on any atom is -0.338 e. The first kappa shape index (κ1) is 16.8. The number of rotatable bonds is 4. The maximum Gasteiger partial charge on any atom is 0.319 e. The van der Waals surface area contributed by atoms with Crippen molar-refractivity contribution in [2.75, 3.05) is 25.0 Å². The number of anilines is 1. The van der Waals surface area contributed by atoms with Gasteiger partial charge in [0.15, 0.2) is 0 Å². The minimum absolute atomic E-state index is 0.267. The number of nitrogens with one attached hydrogen (secondary N) is 2. The van der Waals surface area contributed by atoms with E-state index in [4.69, 9.17) is 0 Å². The van der Waals surface area contributed by atoms with Gasteiger partial charge in [-0.05, 0) is 49.9 Å². The van der Waals surface area contributed by atoms with Crippen molar-refractivity contribution in [1.29, 1.82) is 0 Å². The highest BCUT2D eigenvalue weighted by Crippen LogP contribution is 2.24. The highest BCUT2D eigenvalue weighted by molar-refractivity contribution is 7.89. The summed E-state index contributed by atoms with van der Waals surface area (Å²) in [6.07, 6.45) is 1.97. The number of nitrogens with zero attached hydrogens (tertiary/aromatic N) is 1. The third kappa shape index (κ3) is 3.98. The van der Waals surface area contributed by atoms with Crippen LogP contribution in [0.5, 0.6) is 0 Å². The molecule has 122 valence electrons. The standard InChI is InChI=1S/C15H23N3O3S/c1-3-16-15(19)17-13-6-8-14(9-7-13)22(20,21)18-10-4-5-12(2)11-18/h6-9,12H,3-5,10-11H2,1-2H3,(H2,16,17,19)/t12-/m0/s1. The second kappa shape index (κ2) is 7.11. The second-order valence-corrected chi connectivity index (χ2v) is 7.56. The normalized spacial score (nSPS) is 19.6. The van der Waals surface area contributed by atoms with Gasteiger partial charge in [-0.25, -0.2) is 13.2 Å². The van der Waals surface area contributed by atoms with E-state index in [0.29, 0.717) is 31.2 Å². The summed E-state index contributed by atoms with van der Waals surface area (Å²) in [4.78, 5) is 11.7. The summed E-state index contributed by atoms with van der Waals surface area (Å²) < 4.78 is 26.7. The maximum atomic E-state index is 12.6. The smallest absolute Gasteiger partial charge is 0.319 e. The van der Waals surface area contributed by atoms with Gasteiger partial charge in [0.05, 0.1) is 4.90 Å². The van der Waals surface area contributed by atoms with Gasteiger partial charge in [0, 0.05) is 25.3 Å². The van der Waals surface area contributed by atoms with Gasteiger partial charge >= 0.3 is 6.03 Å². The quantitative estimate of drug-likeness (QED) is 0.891. The van der Waals surface area contributed by atoms with Crippen LogP contribution in [0.1, 0.15) is 26.7 Å². The highest BCUT2D eigenvalue weighted by atomic mass is 32.2. The fourth-order valence-corrected chi connectivity index (χ4v) is 4.16. The fraction of sp³-hybridized carbons (Fsp3) is 0.533. The molecule has 2 rings (SSSR count). The maximum absolute atomic E-state index is 12.6. The van der Waals surface area contributed by atoms with Gasteiger partial charge in [-0.3, -0.25) is 0 Å². The van der Waals surface area contributed by atoms with E-state index in [0.717, 1.165) is 12.8 Å². The van der Waals surface area contributed by atoms with Gasteiger partial charge < -0.3 is 10.6 Å². The molecule has 0 unspecified atom stereocenters. The van der Waals surface area contributed by atoms with Crippen LogP contribution < -0.4 is 10.6 Å². The van der Waals surface area contributed by atoms with Gasteiger partial charge in [-0.2, -0.15) is 4.31 Å². The lowest BCUT2D eigenvalue weighted by molar-refractivity contribution is 0.252. The molecule has 0 bridgehead atoms. The number of hydrogen-bond acceptors (Lipinski definition) is 3. The van der Waals surface area contributed by atoms with E-state index in [9.17, 15) is 13.2 Å². The molecule has 2 N–H and O–H groups in total. The highest BCUT2D eigenvalue weighted by Gasteiger charge is 2.28. The first-order chi connectivity index (χ1) is 10.4. The zero-order valence-corrected chi connectivity index (χ0v) is 13.8. The van der Waals surface area contributed by atoms with Gasteiger partial charge in [0.2, 0.25) is 10.0 Å². The van der Waals surface area contributed by atoms with Gasteiger partial charge in [0.25, 0.3) is 0 Å². The third-order valence-corrected chi connectivity index (χ3v) is 5.59. The molecule has 2 amide bonds. The molecule has 7 heteroatoms. The predicted octanol–water partition coefficient (Wildman–Crippen LogP) is 2.25. The number of carbonyl (C=O) groups is 1. The number of urea groups is 1. The SMILES string of the molecule is CCNC(=O)Nc1ccc(S(=O)(=O)N2CCC[C@H](C)C2)cc1. The van der Waals surface area contributed by atoms with E-state index in [1.54, 1.807) is 16.4 Å². The summed E-state index contributed by atoms with van der Waals surface area (Å²) in [6, 6.07) is 5.99. The average molecular weight is 325 g/mol. The van der Waals surface area contributed by atoms with E-state index < -0.39 is 10.0 Å². The van der Waals surface area contributed by atoms with Crippen molar-refractivity contribution in [3.63, 3.8) is 0 Å². The lowest BCUT2D eigenvalue weighted by Crippen LogP contribution is -2.39. The summed E-state index contributed by atoms with van der Waals surface area (Å²) in [7, 11) is -3.45. The molecule has 1 fully saturated rings. The van der Waals surface area contributed by atoms with Crippen LogP contribution in [-0.4, -0.2) is 38.4 Å². The van der Waals surface area contributed by atoms with Crippen LogP contribution in [0.25, 0.3) is 0 Å². The van der Waals surface area contributed by atoms with Crippen LogP contribution >= 0.6 is 0 Å². The Morgan fingerprint density at radius 2 is 2.00 bits per heavy atom. The number of piperidine rings is 1. The van der Waals surface area contributed by atoms with Gasteiger partial charge in [0.1, 0.15) is 0 Å². The fourth-order valence-electron chi connectivity index (χ4n) is 2.56. The minimum atomic E-state index is -3.45. The Kier molecular flexibility index (Phi) is 5.42. The van der Waals surface area contributed by atoms with E-state index in [1.807, 2.05) is 6.92 Å². The first-order valence-electron chi connectivity index (χ1n) is 7.58. The number of carbonyl (C=O) groups excluding carboxylic acids is 1. The molecular formula is C15H23N3O3S. The zero-order chi connectivity index (χ0) is 16.2. The molecule has 0 aromatic heterocycles. The van der Waals surface area contributed by atoms with Crippen molar-refractivity contribution in [3.05, 3.63) is 24.3 Å². The first-order valence-corrected chi connectivity index (χ1v) is 9.02. The summed E-state index contributed by atoms with van der Waals surface area (Å²) in [5, 5.41) is 5.27. The Bertz CT molecular complexity index is 613. The van der Waals surface area contributed by atoms with Crippen LogP contribution in [0.2, 0.25) is 0 Å². The van der Waals surface area contributed by atoms with Crippen molar-refractivity contribution in [1.82, 2.24) is 9.62 Å². The van der Waals surface area contributed by atoms with Crippen LogP contribution in [0.4, 0.5) is 10.5 Å². The van der Waals surface area contributed by atoms with Crippen LogP contribution in [0.3, 0.4) is 0 Å². The lowest BCUT2D eigenvalue weighted by Gasteiger charge is -2.30. The number of hydrogen-bond donors (Lipinski definition) is 2. The zero-order valence-electron chi connectivity index (χ0n) is 13.0. The molecule has 1 saturated heterocycles. The molecule has 0 radical (unpaired) electrons. The van der Waals surface area contributed by atoms with E-state index in [2.05, 4.69) is 17.6 Å². The molecule has 1 aliphatic rings. The average Bonchev–Trinajstić information content (AvgIpc) is 2.48. The predicted molar refractivity (Wildman–Crippen MR) is 86.3 cm³/mol. The largest absolute Gasteiger partial charge is 0.338 e. The number of amides is 2. The van der Waals surface area contributed by atoms with Gasteiger partial charge in [-0.15, -0.1) is 0 Å². The van der Waals surface area contributed by atoms with Crippen molar-refractivity contribution in [2.24, 2.45) is 5.92 Å². The second-order valence-electron chi connectivity index (χ2n) is 5.62. The molecule has 1 heterocycles. The monoisotopic (exact) mass is 325 g/mol. The van der Waals surface area contributed by atoms with Crippen LogP contribution in [0, 0.1) is 5.92 Å². The topological polar surface area (TPSA) is 78.5 Å². The molecule has 1 aromatic rings. The van der Waals surface area contributed by atoms with E-state index >= 15 is 0 Å². The van der Waals surface area contributed by atoms with Crippen molar-refractivity contribution >= 4 is 21.7 Å². The number of sulfonamides is 1. The Morgan fingerprint density at radius 3 is 2.59 bits per heavy atom. The number of benzene rings is 1. The van der Waals surface area contributed by atoms with Crippen molar-refractivity contribution < 1.29 is 13.2 Å². The molecule has 6 nitrogen and oxygen atoms in total. The molecule has 1 aliphatic heterocycles. The summed E-state index contributed by atoms with van der Waals surface area (Å²) >= 11 is 0. The molecule has 0 aliphatic carbocycles. The Balaban J connectivity index is 2.10. The van der Waals surface area contributed by atoms with Crippen LogP contribution in [0.15, 0.2) is 29.2 Å². The molecule has 0 spiro atoms. The summed E-state index contributed by atoms with van der Waals surface area (Å²) in [5.74, 6) is 0.391. The Morgan fingerprint density at radius 1 is 1.32 bits per heavy atom. The summed E-state index contributed by atoms with van der Waals surface area (Å²) in [6.45, 7) is 5.58. The van der Waals surface area contributed by atoms with Gasteiger partial charge in [-0.1, -0.05) is 6.92 Å². The third-order valence-electron chi connectivity index (χ3n) is 3.71. The van der Waals surface area contributed by atoms with E-state index in [-0.39, 0.29) is 10.9 Å². The Labute approximate surface area is 131 Å². The van der Waals surface area contributed by atoms with Crippen molar-refractivity contribution in [3.8, 4) is 0 Å². The molecule has 1 atom stereocenters. The van der Waals surface area contributed by atoms with Crippen LogP contribution in [-0.2, 0) is 10.0 Å². The molecule has 1 aromatic carbocycles. The lowest BCUT2D eigenvalue weighted by atomic mass is 10.0. The molecule has 0 saturated carbocycles. The summed E-state index contributed by atoms with van der Waals surface area (Å²) in [5.41, 5.74) is 0.567. The Hall–Kier alpha value is -1.60. The van der Waals surface area contributed by atoms with Crippen molar-refractivity contribution in [2.45, 2.75) is 31.6 Å². The van der Waals surface area contributed by atoms with E-state index in [1.165, 1.54) is 12.1 Å².